The van der Waals surface area contributed by atoms with Crippen LogP contribution < -0.4 is 5.32 Å². The van der Waals surface area contributed by atoms with E-state index in [-0.39, 0.29) is 12.4 Å². The van der Waals surface area contributed by atoms with Gasteiger partial charge in [-0.05, 0) is 45.0 Å². The Kier molecular flexibility index (Phi) is 7.80. The summed E-state index contributed by atoms with van der Waals surface area (Å²) >= 11 is 0. The van der Waals surface area contributed by atoms with Crippen molar-refractivity contribution in [1.82, 2.24) is 10.2 Å². The molecule has 1 aromatic carbocycles. The molecule has 0 aliphatic carbocycles. The number of benzene rings is 1. The van der Waals surface area contributed by atoms with Crippen molar-refractivity contribution in [3.05, 3.63) is 42.0 Å². The van der Waals surface area contributed by atoms with Crippen molar-refractivity contribution >= 4 is 18.5 Å². The predicted octanol–water partition coefficient (Wildman–Crippen LogP) is 3.20. The summed E-state index contributed by atoms with van der Waals surface area (Å²) in [6.07, 6.45) is 8.25. The van der Waals surface area contributed by atoms with Gasteiger partial charge in [0.25, 0.3) is 0 Å². The quantitative estimate of drug-likeness (QED) is 0.891. The molecule has 0 bridgehead atoms. The van der Waals surface area contributed by atoms with Gasteiger partial charge < -0.3 is 10.2 Å². The van der Waals surface area contributed by atoms with E-state index in [2.05, 4.69) is 59.7 Å². The molecule has 0 saturated carbocycles. The number of halogens is 1. The molecule has 1 aliphatic rings. The lowest BCUT2D eigenvalue weighted by atomic mass is 10.1. The highest BCUT2D eigenvalue weighted by atomic mass is 35.5. The molecule has 0 aromatic heterocycles. The smallest absolute Gasteiger partial charge is 0.00884 e. The van der Waals surface area contributed by atoms with Crippen molar-refractivity contribution in [2.75, 3.05) is 26.7 Å². The maximum Gasteiger partial charge on any atom is 0.00884 e. The monoisotopic (exact) mass is 280 g/mol. The number of piperidine rings is 1. The van der Waals surface area contributed by atoms with Gasteiger partial charge in [0.1, 0.15) is 0 Å². The molecule has 1 heterocycles. The maximum atomic E-state index is 3.37. The van der Waals surface area contributed by atoms with Gasteiger partial charge >= 0.3 is 0 Å². The van der Waals surface area contributed by atoms with Gasteiger partial charge in [-0.15, -0.1) is 12.4 Å². The van der Waals surface area contributed by atoms with Crippen LogP contribution >= 0.6 is 12.4 Å². The zero-order valence-corrected chi connectivity index (χ0v) is 12.5. The molecule has 19 heavy (non-hydrogen) atoms. The van der Waals surface area contributed by atoms with E-state index < -0.39 is 0 Å². The first-order chi connectivity index (χ1) is 8.88. The standard InChI is InChI=1S/C16H24N2.ClH/c1-17-16-10-13-18(14-11-16)12-6-5-9-15-7-3-2-4-8-15;/h2-5,7-9,16-17H,6,10-14H2,1H3;1H/b9-5+;. The molecule has 3 heteroatoms. The van der Waals surface area contributed by atoms with Crippen LogP contribution in [0.3, 0.4) is 0 Å². The SMILES string of the molecule is CNC1CCN(CC/C=C/c2ccccc2)CC1.Cl. The molecule has 2 rings (SSSR count). The fraction of sp³-hybridized carbons (Fsp3) is 0.500. The zero-order valence-electron chi connectivity index (χ0n) is 11.7. The van der Waals surface area contributed by atoms with Crippen LogP contribution in [0.5, 0.6) is 0 Å². The highest BCUT2D eigenvalue weighted by Crippen LogP contribution is 2.10. The minimum absolute atomic E-state index is 0. The van der Waals surface area contributed by atoms with Gasteiger partial charge in [0, 0.05) is 12.6 Å². The lowest BCUT2D eigenvalue weighted by Gasteiger charge is -2.31. The summed E-state index contributed by atoms with van der Waals surface area (Å²) < 4.78 is 0. The van der Waals surface area contributed by atoms with Gasteiger partial charge in [0.05, 0.1) is 0 Å². The van der Waals surface area contributed by atoms with E-state index in [0.717, 1.165) is 12.5 Å². The summed E-state index contributed by atoms with van der Waals surface area (Å²) in [6, 6.07) is 11.3. The Morgan fingerprint density at radius 2 is 1.89 bits per heavy atom. The van der Waals surface area contributed by atoms with E-state index >= 15 is 0 Å². The summed E-state index contributed by atoms with van der Waals surface area (Å²) in [5.41, 5.74) is 1.30. The van der Waals surface area contributed by atoms with Crippen molar-refractivity contribution in [2.24, 2.45) is 0 Å². The van der Waals surface area contributed by atoms with Crippen LogP contribution in [0.15, 0.2) is 36.4 Å². The average molecular weight is 281 g/mol. The molecule has 0 spiro atoms. The Balaban J connectivity index is 0.00000180. The van der Waals surface area contributed by atoms with E-state index in [1.54, 1.807) is 0 Å². The van der Waals surface area contributed by atoms with E-state index in [0.29, 0.717) is 0 Å². The van der Waals surface area contributed by atoms with Gasteiger partial charge in [0.2, 0.25) is 0 Å². The first kappa shape index (κ1) is 16.2. The molecule has 2 nitrogen and oxygen atoms in total. The Labute approximate surface area is 123 Å². The summed E-state index contributed by atoms with van der Waals surface area (Å²) in [6.45, 7) is 3.68. The van der Waals surface area contributed by atoms with Crippen LogP contribution in [0.1, 0.15) is 24.8 Å². The van der Waals surface area contributed by atoms with Crippen LogP contribution in [0.4, 0.5) is 0 Å². The summed E-state index contributed by atoms with van der Waals surface area (Å²) in [5, 5.41) is 3.37. The van der Waals surface area contributed by atoms with Gasteiger partial charge in [0.15, 0.2) is 0 Å². The van der Waals surface area contributed by atoms with Crippen LogP contribution in [0.2, 0.25) is 0 Å². The van der Waals surface area contributed by atoms with Crippen LogP contribution in [-0.4, -0.2) is 37.6 Å². The van der Waals surface area contributed by atoms with Gasteiger partial charge in [-0.25, -0.2) is 0 Å². The minimum Gasteiger partial charge on any atom is -0.317 e. The third kappa shape index (κ3) is 5.77. The predicted molar refractivity (Wildman–Crippen MR) is 85.9 cm³/mol. The van der Waals surface area contributed by atoms with Crippen LogP contribution in [-0.2, 0) is 0 Å². The highest BCUT2D eigenvalue weighted by molar-refractivity contribution is 5.85. The third-order valence-electron chi connectivity index (χ3n) is 3.72. The Bertz CT molecular complexity index is 356. The van der Waals surface area contributed by atoms with Crippen molar-refractivity contribution in [3.8, 4) is 0 Å². The lowest BCUT2D eigenvalue weighted by molar-refractivity contribution is 0.205. The molecule has 1 aromatic rings. The molecule has 0 radical (unpaired) electrons. The van der Waals surface area contributed by atoms with Crippen LogP contribution in [0, 0.1) is 0 Å². The second kappa shape index (κ2) is 9.13. The Hall–Kier alpha value is -0.830. The number of rotatable bonds is 5. The second-order valence-corrected chi connectivity index (χ2v) is 5.01. The molecular formula is C16H25ClN2. The van der Waals surface area contributed by atoms with Gasteiger partial charge in [-0.1, -0.05) is 42.5 Å². The first-order valence-electron chi connectivity index (χ1n) is 6.99. The zero-order chi connectivity index (χ0) is 12.6. The number of likely N-dealkylation sites (tertiary alicyclic amines) is 1. The van der Waals surface area contributed by atoms with Crippen molar-refractivity contribution < 1.29 is 0 Å². The molecule has 1 fully saturated rings. The van der Waals surface area contributed by atoms with Crippen molar-refractivity contribution in [2.45, 2.75) is 25.3 Å². The fourth-order valence-electron chi connectivity index (χ4n) is 2.49. The molecule has 106 valence electrons. The van der Waals surface area contributed by atoms with Gasteiger partial charge in [-0.2, -0.15) is 0 Å². The lowest BCUT2D eigenvalue weighted by Crippen LogP contribution is -2.41. The molecule has 0 unspecified atom stereocenters. The topological polar surface area (TPSA) is 15.3 Å². The number of nitrogens with zero attached hydrogens (tertiary/aromatic N) is 1. The molecule has 0 amide bonds. The van der Waals surface area contributed by atoms with Crippen molar-refractivity contribution in [1.29, 1.82) is 0 Å². The number of hydrogen-bond acceptors (Lipinski definition) is 2. The third-order valence-corrected chi connectivity index (χ3v) is 3.72. The van der Waals surface area contributed by atoms with Crippen LogP contribution in [0.25, 0.3) is 6.08 Å². The molecule has 1 N–H and O–H groups in total. The van der Waals surface area contributed by atoms with Crippen molar-refractivity contribution in [3.63, 3.8) is 0 Å². The molecular weight excluding hydrogens is 256 g/mol. The van der Waals surface area contributed by atoms with E-state index in [4.69, 9.17) is 0 Å². The Morgan fingerprint density at radius 1 is 1.21 bits per heavy atom. The maximum absolute atomic E-state index is 3.37. The molecule has 1 saturated heterocycles. The minimum atomic E-state index is 0. The first-order valence-corrected chi connectivity index (χ1v) is 6.99. The largest absolute Gasteiger partial charge is 0.317 e. The Morgan fingerprint density at radius 3 is 2.53 bits per heavy atom. The molecule has 1 aliphatic heterocycles. The van der Waals surface area contributed by atoms with Gasteiger partial charge in [-0.3, -0.25) is 0 Å². The summed E-state index contributed by atoms with van der Waals surface area (Å²) in [7, 11) is 2.07. The number of nitrogens with one attached hydrogen (secondary N) is 1. The normalized spacial score (nSPS) is 17.5. The molecule has 0 atom stereocenters. The van der Waals surface area contributed by atoms with E-state index in [9.17, 15) is 0 Å². The van der Waals surface area contributed by atoms with E-state index in [1.807, 2.05) is 0 Å². The second-order valence-electron chi connectivity index (χ2n) is 5.01. The average Bonchev–Trinajstić information content (AvgIpc) is 2.45. The summed E-state index contributed by atoms with van der Waals surface area (Å²) in [5.74, 6) is 0. The highest BCUT2D eigenvalue weighted by Gasteiger charge is 2.16. The number of hydrogen-bond donors (Lipinski definition) is 1. The van der Waals surface area contributed by atoms with E-state index in [1.165, 1.54) is 38.0 Å². The fourth-order valence-corrected chi connectivity index (χ4v) is 2.49. The summed E-state index contributed by atoms with van der Waals surface area (Å²) in [4.78, 5) is 2.57.